The van der Waals surface area contributed by atoms with Gasteiger partial charge in [0.25, 0.3) is 0 Å². The van der Waals surface area contributed by atoms with E-state index in [2.05, 4.69) is 0 Å². The predicted octanol–water partition coefficient (Wildman–Crippen LogP) is 2.63. The first-order valence-electron chi connectivity index (χ1n) is 5.00. The second-order valence-corrected chi connectivity index (χ2v) is 4.54. The molecular formula is C10H15F3N2S. The van der Waals surface area contributed by atoms with Gasteiger partial charge in [-0.3, -0.25) is 4.90 Å². The fraction of sp³-hybridized carbons (Fsp3) is 0.600. The van der Waals surface area contributed by atoms with E-state index in [4.69, 9.17) is 5.73 Å². The van der Waals surface area contributed by atoms with Crippen molar-refractivity contribution in [3.8, 4) is 0 Å². The van der Waals surface area contributed by atoms with E-state index in [0.717, 1.165) is 4.88 Å². The highest BCUT2D eigenvalue weighted by atomic mass is 32.1. The molecule has 1 aromatic heterocycles. The molecule has 92 valence electrons. The van der Waals surface area contributed by atoms with Crippen molar-refractivity contribution in [3.05, 3.63) is 22.4 Å². The van der Waals surface area contributed by atoms with Crippen LogP contribution < -0.4 is 5.73 Å². The number of nitrogens with two attached hydrogens (primary N) is 1. The van der Waals surface area contributed by atoms with E-state index in [0.29, 0.717) is 6.54 Å². The summed E-state index contributed by atoms with van der Waals surface area (Å²) in [5, 5.41) is 1.87. The van der Waals surface area contributed by atoms with Gasteiger partial charge >= 0.3 is 6.18 Å². The summed E-state index contributed by atoms with van der Waals surface area (Å²) in [4.78, 5) is 2.23. The van der Waals surface area contributed by atoms with Gasteiger partial charge in [0.2, 0.25) is 0 Å². The summed E-state index contributed by atoms with van der Waals surface area (Å²) in [6.07, 6.45) is -4.16. The minimum absolute atomic E-state index is 0.233. The van der Waals surface area contributed by atoms with Crippen LogP contribution in [-0.4, -0.2) is 30.7 Å². The highest BCUT2D eigenvalue weighted by molar-refractivity contribution is 7.10. The second-order valence-electron chi connectivity index (χ2n) is 3.56. The van der Waals surface area contributed by atoms with Crippen molar-refractivity contribution >= 4 is 11.3 Å². The molecule has 0 fully saturated rings. The molecule has 0 aliphatic carbocycles. The van der Waals surface area contributed by atoms with E-state index in [1.54, 1.807) is 6.92 Å². The van der Waals surface area contributed by atoms with E-state index < -0.39 is 12.7 Å². The average Bonchev–Trinajstić information content (AvgIpc) is 2.67. The van der Waals surface area contributed by atoms with Gasteiger partial charge in [-0.2, -0.15) is 13.2 Å². The fourth-order valence-electron chi connectivity index (χ4n) is 1.43. The number of nitrogens with zero attached hydrogens (tertiary/aromatic N) is 1. The lowest BCUT2D eigenvalue weighted by atomic mass is 10.2. The van der Waals surface area contributed by atoms with Crippen LogP contribution in [0.3, 0.4) is 0 Å². The average molecular weight is 252 g/mol. The van der Waals surface area contributed by atoms with Crippen LogP contribution in [0.2, 0.25) is 0 Å². The predicted molar refractivity (Wildman–Crippen MR) is 59.4 cm³/mol. The zero-order valence-electron chi connectivity index (χ0n) is 9.00. The van der Waals surface area contributed by atoms with Crippen LogP contribution in [0.5, 0.6) is 0 Å². The molecule has 0 saturated heterocycles. The van der Waals surface area contributed by atoms with Crippen molar-refractivity contribution < 1.29 is 13.2 Å². The molecule has 0 aromatic carbocycles. The second kappa shape index (κ2) is 5.65. The van der Waals surface area contributed by atoms with Gasteiger partial charge < -0.3 is 5.73 Å². The van der Waals surface area contributed by atoms with Gasteiger partial charge in [-0.25, -0.2) is 0 Å². The molecule has 0 radical (unpaired) electrons. The Morgan fingerprint density at radius 3 is 2.62 bits per heavy atom. The molecule has 2 nitrogen and oxygen atoms in total. The molecule has 1 unspecified atom stereocenters. The minimum atomic E-state index is -4.16. The van der Waals surface area contributed by atoms with Crippen LogP contribution in [0.25, 0.3) is 0 Å². The summed E-state index contributed by atoms with van der Waals surface area (Å²) >= 11 is 1.47. The van der Waals surface area contributed by atoms with Crippen LogP contribution in [0.15, 0.2) is 17.5 Å². The monoisotopic (exact) mass is 252 g/mol. The van der Waals surface area contributed by atoms with Gasteiger partial charge in [0.1, 0.15) is 0 Å². The van der Waals surface area contributed by atoms with Crippen molar-refractivity contribution in [3.63, 3.8) is 0 Å². The van der Waals surface area contributed by atoms with E-state index >= 15 is 0 Å². The van der Waals surface area contributed by atoms with Crippen LogP contribution in [0.4, 0.5) is 13.2 Å². The maximum absolute atomic E-state index is 12.2. The molecule has 0 saturated carbocycles. The van der Waals surface area contributed by atoms with Crippen molar-refractivity contribution in [2.75, 3.05) is 19.6 Å². The third-order valence-electron chi connectivity index (χ3n) is 2.21. The van der Waals surface area contributed by atoms with Gasteiger partial charge in [-0.05, 0) is 18.0 Å². The maximum atomic E-state index is 12.2. The Balaban J connectivity index is 2.50. The topological polar surface area (TPSA) is 29.3 Å². The van der Waals surface area contributed by atoms with E-state index in [1.807, 2.05) is 17.5 Å². The van der Waals surface area contributed by atoms with Crippen molar-refractivity contribution in [2.24, 2.45) is 5.73 Å². The molecule has 0 spiro atoms. The summed E-state index contributed by atoms with van der Waals surface area (Å²) in [6, 6.07) is 3.35. The number of rotatable bonds is 5. The molecule has 2 N–H and O–H groups in total. The lowest BCUT2D eigenvalue weighted by molar-refractivity contribution is -0.145. The zero-order chi connectivity index (χ0) is 12.2. The molecule has 0 aliphatic heterocycles. The van der Waals surface area contributed by atoms with E-state index in [1.165, 1.54) is 16.2 Å². The fourth-order valence-corrected chi connectivity index (χ4v) is 2.15. The Kier molecular flexibility index (Phi) is 4.76. The Labute approximate surface area is 96.9 Å². The summed E-state index contributed by atoms with van der Waals surface area (Å²) < 4.78 is 36.6. The van der Waals surface area contributed by atoms with Crippen LogP contribution >= 0.6 is 11.3 Å². The molecule has 1 atom stereocenters. The number of hydrogen-bond donors (Lipinski definition) is 1. The van der Waals surface area contributed by atoms with Crippen LogP contribution in [0, 0.1) is 0 Å². The normalized spacial score (nSPS) is 14.4. The van der Waals surface area contributed by atoms with Gasteiger partial charge in [-0.15, -0.1) is 11.3 Å². The molecule has 1 aromatic rings. The molecule has 6 heteroatoms. The van der Waals surface area contributed by atoms with Gasteiger partial charge in [0.05, 0.1) is 12.6 Å². The highest BCUT2D eigenvalue weighted by Gasteiger charge is 2.30. The van der Waals surface area contributed by atoms with Gasteiger partial charge in [0.15, 0.2) is 0 Å². The molecule has 1 heterocycles. The third kappa shape index (κ3) is 4.51. The first-order valence-corrected chi connectivity index (χ1v) is 5.88. The SMILES string of the molecule is CCN(CC(N)c1cccs1)CC(F)(F)F. The number of thiophene rings is 1. The molecule has 0 amide bonds. The highest BCUT2D eigenvalue weighted by Crippen LogP contribution is 2.20. The number of halogens is 3. The largest absolute Gasteiger partial charge is 0.401 e. The van der Waals surface area contributed by atoms with E-state index in [9.17, 15) is 13.2 Å². The number of hydrogen-bond acceptors (Lipinski definition) is 3. The molecule has 1 rings (SSSR count). The van der Waals surface area contributed by atoms with Crippen LogP contribution in [0.1, 0.15) is 17.8 Å². The minimum Gasteiger partial charge on any atom is -0.322 e. The quantitative estimate of drug-likeness (QED) is 0.873. The van der Waals surface area contributed by atoms with Gasteiger partial charge in [0, 0.05) is 11.4 Å². The first kappa shape index (κ1) is 13.5. The van der Waals surface area contributed by atoms with Crippen molar-refractivity contribution in [1.82, 2.24) is 4.90 Å². The summed E-state index contributed by atoms with van der Waals surface area (Å²) in [7, 11) is 0. The molecule has 0 bridgehead atoms. The Morgan fingerprint density at radius 2 is 2.19 bits per heavy atom. The van der Waals surface area contributed by atoms with Gasteiger partial charge in [-0.1, -0.05) is 13.0 Å². The molecular weight excluding hydrogens is 237 g/mol. The zero-order valence-corrected chi connectivity index (χ0v) is 9.81. The summed E-state index contributed by atoms with van der Waals surface area (Å²) in [5.74, 6) is 0. The molecule has 0 aliphatic rings. The van der Waals surface area contributed by atoms with Crippen LogP contribution in [-0.2, 0) is 0 Å². The number of alkyl halides is 3. The van der Waals surface area contributed by atoms with Crippen molar-refractivity contribution in [1.29, 1.82) is 0 Å². The summed E-state index contributed by atoms with van der Waals surface area (Å²) in [6.45, 7) is 1.38. The lowest BCUT2D eigenvalue weighted by Gasteiger charge is -2.24. The van der Waals surface area contributed by atoms with Crippen molar-refractivity contribution in [2.45, 2.75) is 19.1 Å². The maximum Gasteiger partial charge on any atom is 0.401 e. The summed E-state index contributed by atoms with van der Waals surface area (Å²) in [5.41, 5.74) is 5.84. The Hall–Kier alpha value is -0.590. The standard InChI is InChI=1S/C10H15F3N2S/c1-2-15(7-10(11,12)13)6-8(14)9-4-3-5-16-9/h3-5,8H,2,6-7,14H2,1H3. The third-order valence-corrected chi connectivity index (χ3v) is 3.22. The Bertz CT molecular complexity index is 298. The smallest absolute Gasteiger partial charge is 0.322 e. The van der Waals surface area contributed by atoms with E-state index in [-0.39, 0.29) is 12.6 Å². The lowest BCUT2D eigenvalue weighted by Crippen LogP contribution is -2.38. The Morgan fingerprint density at radius 1 is 1.50 bits per heavy atom. The number of likely N-dealkylation sites (N-methyl/N-ethyl adjacent to an activating group) is 1. The molecule has 16 heavy (non-hydrogen) atoms. The first-order chi connectivity index (χ1) is 7.42.